The molecule has 0 aliphatic rings. The van der Waals surface area contributed by atoms with Crippen LogP contribution in [-0.2, 0) is 6.54 Å². The number of benzene rings is 2. The Balaban J connectivity index is 2.06. The van der Waals surface area contributed by atoms with Gasteiger partial charge in [0.2, 0.25) is 0 Å². The lowest BCUT2D eigenvalue weighted by Crippen LogP contribution is -2.24. The Bertz CT molecular complexity index is 528. The number of aryl methyl sites for hydroxylation is 1. The Hall–Kier alpha value is -1.71. The normalized spacial score (nSPS) is 12.4. The highest BCUT2D eigenvalue weighted by Gasteiger charge is 2.10. The Kier molecular flexibility index (Phi) is 4.66. The summed E-state index contributed by atoms with van der Waals surface area (Å²) < 4.78 is 13.2. The third-order valence-corrected chi connectivity index (χ3v) is 3.23. The molecule has 2 N–H and O–H groups in total. The van der Waals surface area contributed by atoms with Gasteiger partial charge < -0.3 is 10.4 Å². The molecule has 2 aromatic rings. The Morgan fingerprint density at radius 2 is 1.89 bits per heavy atom. The lowest BCUT2D eigenvalue weighted by molar-refractivity contribution is 0.243. The molecular weight excluding hydrogens is 241 g/mol. The minimum absolute atomic E-state index is 0.0123. The Labute approximate surface area is 112 Å². The van der Waals surface area contributed by atoms with Crippen LogP contribution in [0.5, 0.6) is 0 Å². The maximum atomic E-state index is 13.2. The summed E-state index contributed by atoms with van der Waals surface area (Å²) in [6.45, 7) is 2.50. The van der Waals surface area contributed by atoms with E-state index in [0.717, 1.165) is 16.7 Å². The van der Waals surface area contributed by atoms with Crippen LogP contribution in [0.1, 0.15) is 22.7 Å². The van der Waals surface area contributed by atoms with Crippen LogP contribution in [-0.4, -0.2) is 11.7 Å². The second kappa shape index (κ2) is 6.45. The number of rotatable bonds is 5. The van der Waals surface area contributed by atoms with Gasteiger partial charge in [-0.05, 0) is 35.7 Å². The predicted octanol–water partition coefficient (Wildman–Crippen LogP) is 2.96. The molecular formula is C16H18FNO. The van der Waals surface area contributed by atoms with Crippen LogP contribution in [0.3, 0.4) is 0 Å². The molecule has 0 fully saturated rings. The van der Waals surface area contributed by atoms with Crippen molar-refractivity contribution in [3.05, 3.63) is 71.0 Å². The molecule has 19 heavy (non-hydrogen) atoms. The van der Waals surface area contributed by atoms with Crippen molar-refractivity contribution in [3.63, 3.8) is 0 Å². The molecule has 2 aromatic carbocycles. The molecule has 100 valence electrons. The maximum absolute atomic E-state index is 13.2. The first-order valence-electron chi connectivity index (χ1n) is 6.35. The van der Waals surface area contributed by atoms with Gasteiger partial charge in [-0.25, -0.2) is 4.39 Å². The molecule has 2 nitrogen and oxygen atoms in total. The number of nitrogens with one attached hydrogen (secondary N) is 1. The van der Waals surface area contributed by atoms with Crippen LogP contribution in [0.2, 0.25) is 0 Å². The molecule has 0 saturated carbocycles. The van der Waals surface area contributed by atoms with Gasteiger partial charge in [-0.3, -0.25) is 0 Å². The second-order valence-electron chi connectivity index (χ2n) is 4.60. The third-order valence-electron chi connectivity index (χ3n) is 3.23. The van der Waals surface area contributed by atoms with Crippen molar-refractivity contribution in [1.29, 1.82) is 0 Å². The van der Waals surface area contributed by atoms with Crippen molar-refractivity contribution in [3.8, 4) is 0 Å². The fraction of sp³-hybridized carbons (Fsp3) is 0.250. The van der Waals surface area contributed by atoms with E-state index in [-0.39, 0.29) is 18.5 Å². The summed E-state index contributed by atoms with van der Waals surface area (Å²) in [5, 5.41) is 12.7. The smallest absolute Gasteiger partial charge is 0.123 e. The average molecular weight is 259 g/mol. The molecule has 0 radical (unpaired) electrons. The van der Waals surface area contributed by atoms with Crippen molar-refractivity contribution in [1.82, 2.24) is 5.32 Å². The molecule has 1 atom stereocenters. The van der Waals surface area contributed by atoms with E-state index in [2.05, 4.69) is 5.32 Å². The highest BCUT2D eigenvalue weighted by atomic mass is 19.1. The standard InChI is InChI=1S/C16H18FNO/c1-12-7-8-15(17)9-14(12)10-18-16(11-19)13-5-3-2-4-6-13/h2-9,16,18-19H,10-11H2,1H3. The number of hydrogen-bond donors (Lipinski definition) is 2. The van der Waals surface area contributed by atoms with Crippen molar-refractivity contribution in [2.75, 3.05) is 6.61 Å². The molecule has 0 saturated heterocycles. The minimum atomic E-state index is -0.234. The lowest BCUT2D eigenvalue weighted by atomic mass is 10.1. The number of aliphatic hydroxyl groups excluding tert-OH is 1. The molecule has 0 heterocycles. The van der Waals surface area contributed by atoms with E-state index in [0.29, 0.717) is 6.54 Å². The summed E-state index contributed by atoms with van der Waals surface area (Å²) in [5.74, 6) is -0.234. The van der Waals surface area contributed by atoms with Gasteiger partial charge in [0.05, 0.1) is 12.6 Å². The molecule has 3 heteroatoms. The predicted molar refractivity (Wildman–Crippen MR) is 74.2 cm³/mol. The highest BCUT2D eigenvalue weighted by molar-refractivity contribution is 5.27. The first kappa shape index (κ1) is 13.7. The Morgan fingerprint density at radius 1 is 1.16 bits per heavy atom. The van der Waals surface area contributed by atoms with Crippen LogP contribution in [0.15, 0.2) is 48.5 Å². The highest BCUT2D eigenvalue weighted by Crippen LogP contribution is 2.15. The molecule has 2 rings (SSSR count). The van der Waals surface area contributed by atoms with Crippen LogP contribution in [0, 0.1) is 12.7 Å². The third kappa shape index (κ3) is 3.63. The van der Waals surface area contributed by atoms with Crippen molar-refractivity contribution < 1.29 is 9.50 Å². The van der Waals surface area contributed by atoms with Gasteiger partial charge in [-0.15, -0.1) is 0 Å². The SMILES string of the molecule is Cc1ccc(F)cc1CNC(CO)c1ccccc1. The van der Waals surface area contributed by atoms with Crippen LogP contribution in [0.4, 0.5) is 4.39 Å². The zero-order chi connectivity index (χ0) is 13.7. The summed E-state index contributed by atoms with van der Waals surface area (Å²) in [6, 6.07) is 14.4. The van der Waals surface area contributed by atoms with Gasteiger partial charge >= 0.3 is 0 Å². The van der Waals surface area contributed by atoms with Gasteiger partial charge in [-0.2, -0.15) is 0 Å². The van der Waals surface area contributed by atoms with Gasteiger partial charge in [0.15, 0.2) is 0 Å². The number of halogens is 1. The Morgan fingerprint density at radius 3 is 2.58 bits per heavy atom. The second-order valence-corrected chi connectivity index (χ2v) is 4.60. The average Bonchev–Trinajstić information content (AvgIpc) is 2.44. The number of aliphatic hydroxyl groups is 1. The van der Waals surface area contributed by atoms with Crippen molar-refractivity contribution >= 4 is 0 Å². The van der Waals surface area contributed by atoms with Crippen molar-refractivity contribution in [2.45, 2.75) is 19.5 Å². The fourth-order valence-corrected chi connectivity index (χ4v) is 2.04. The maximum Gasteiger partial charge on any atom is 0.123 e. The van der Waals surface area contributed by atoms with E-state index >= 15 is 0 Å². The summed E-state index contributed by atoms with van der Waals surface area (Å²) in [5.41, 5.74) is 2.98. The monoisotopic (exact) mass is 259 g/mol. The summed E-state index contributed by atoms with van der Waals surface area (Å²) >= 11 is 0. The quantitative estimate of drug-likeness (QED) is 0.865. The topological polar surface area (TPSA) is 32.3 Å². The van der Waals surface area contributed by atoms with E-state index in [4.69, 9.17) is 0 Å². The van der Waals surface area contributed by atoms with Gasteiger partial charge in [-0.1, -0.05) is 36.4 Å². The largest absolute Gasteiger partial charge is 0.394 e. The van der Waals surface area contributed by atoms with Gasteiger partial charge in [0, 0.05) is 6.54 Å². The van der Waals surface area contributed by atoms with E-state index in [1.165, 1.54) is 12.1 Å². The van der Waals surface area contributed by atoms with E-state index in [9.17, 15) is 9.50 Å². The van der Waals surface area contributed by atoms with Crippen LogP contribution in [0.25, 0.3) is 0 Å². The molecule has 0 bridgehead atoms. The zero-order valence-corrected chi connectivity index (χ0v) is 10.9. The summed E-state index contributed by atoms with van der Waals surface area (Å²) in [4.78, 5) is 0. The fourth-order valence-electron chi connectivity index (χ4n) is 2.04. The van der Waals surface area contributed by atoms with E-state index in [1.54, 1.807) is 6.07 Å². The molecule has 1 unspecified atom stereocenters. The molecule has 0 amide bonds. The van der Waals surface area contributed by atoms with Gasteiger partial charge in [0.1, 0.15) is 5.82 Å². The van der Waals surface area contributed by atoms with E-state index in [1.807, 2.05) is 37.3 Å². The summed E-state index contributed by atoms with van der Waals surface area (Å²) in [7, 11) is 0. The minimum Gasteiger partial charge on any atom is -0.394 e. The molecule has 0 aromatic heterocycles. The van der Waals surface area contributed by atoms with Gasteiger partial charge in [0.25, 0.3) is 0 Å². The van der Waals surface area contributed by atoms with Crippen molar-refractivity contribution in [2.24, 2.45) is 0 Å². The molecule has 0 aliphatic carbocycles. The zero-order valence-electron chi connectivity index (χ0n) is 10.9. The lowest BCUT2D eigenvalue weighted by Gasteiger charge is -2.17. The molecule has 0 spiro atoms. The van der Waals surface area contributed by atoms with Crippen LogP contribution < -0.4 is 5.32 Å². The van der Waals surface area contributed by atoms with E-state index < -0.39 is 0 Å². The first-order valence-corrected chi connectivity index (χ1v) is 6.35. The molecule has 0 aliphatic heterocycles. The first-order chi connectivity index (χ1) is 9.20. The number of hydrogen-bond acceptors (Lipinski definition) is 2. The summed E-state index contributed by atoms with van der Waals surface area (Å²) in [6.07, 6.45) is 0. The van der Waals surface area contributed by atoms with Crippen LogP contribution >= 0.6 is 0 Å².